The van der Waals surface area contributed by atoms with E-state index in [1.807, 2.05) is 39.0 Å². The van der Waals surface area contributed by atoms with Crippen molar-refractivity contribution in [2.75, 3.05) is 31.1 Å². The monoisotopic (exact) mass is 583 g/mol. The Morgan fingerprint density at radius 2 is 1.76 bits per heavy atom. The third-order valence-electron chi connectivity index (χ3n) is 5.21. The fraction of sp³-hybridized carbons (Fsp3) is 0.409. The maximum atomic E-state index is 13.2. The average Bonchev–Trinajstić information content (AvgIpc) is 3.11. The van der Waals surface area contributed by atoms with Crippen LogP contribution in [0.5, 0.6) is 0 Å². The number of halogens is 1. The fourth-order valence-corrected chi connectivity index (χ4v) is 6.08. The molecule has 0 atom stereocenters. The van der Waals surface area contributed by atoms with Gasteiger partial charge < -0.3 is 14.5 Å². The van der Waals surface area contributed by atoms with E-state index in [2.05, 4.69) is 37.5 Å². The lowest BCUT2D eigenvalue weighted by atomic mass is 10.2. The fourth-order valence-electron chi connectivity index (χ4n) is 3.71. The van der Waals surface area contributed by atoms with Crippen LogP contribution in [-0.2, 0) is 20.5 Å². The normalized spacial score (nSPS) is 15.2. The Morgan fingerprint density at radius 3 is 2.39 bits per heavy atom. The summed E-state index contributed by atoms with van der Waals surface area (Å²) in [7, 11) is -3.67. The third kappa shape index (κ3) is 5.24. The molecule has 2 aromatic heterocycles. The van der Waals surface area contributed by atoms with Crippen LogP contribution in [0.4, 0.5) is 10.6 Å². The molecule has 0 radical (unpaired) electrons. The van der Waals surface area contributed by atoms with E-state index >= 15 is 0 Å². The molecule has 0 unspecified atom stereocenters. The molecule has 11 heteroatoms. The van der Waals surface area contributed by atoms with E-state index in [0.29, 0.717) is 48.6 Å². The molecule has 1 aromatic carbocycles. The van der Waals surface area contributed by atoms with Gasteiger partial charge in [0.2, 0.25) is 10.0 Å². The molecule has 0 bridgehead atoms. The molecule has 9 nitrogen and oxygen atoms in total. The number of amides is 1. The molecule has 0 spiro atoms. The molecule has 1 saturated heterocycles. The second-order valence-electron chi connectivity index (χ2n) is 8.87. The molecule has 176 valence electrons. The molecule has 0 aliphatic carbocycles. The number of carbonyl (C=O) groups is 1. The van der Waals surface area contributed by atoms with E-state index in [0.717, 1.165) is 3.57 Å². The molecule has 0 N–H and O–H groups in total. The highest BCUT2D eigenvalue weighted by molar-refractivity contribution is 14.1. The molecule has 3 heterocycles. The molecular formula is C22H26IN5O4S. The second-order valence-corrected chi connectivity index (χ2v) is 11.9. The van der Waals surface area contributed by atoms with E-state index in [4.69, 9.17) is 4.74 Å². The lowest BCUT2D eigenvalue weighted by Crippen LogP contribution is -2.50. The SMILES string of the molecule is CC(C)(C)OC(=O)N1CCN(c2ncnc3c2c(I)cn3S(=O)(=O)Cc2ccccc2)CC1. The molecule has 1 aliphatic rings. The van der Waals surface area contributed by atoms with Crippen LogP contribution in [0.2, 0.25) is 0 Å². The van der Waals surface area contributed by atoms with Crippen LogP contribution >= 0.6 is 22.6 Å². The Bertz CT molecular complexity index is 1260. The number of benzene rings is 1. The van der Waals surface area contributed by atoms with Gasteiger partial charge in [0, 0.05) is 35.9 Å². The van der Waals surface area contributed by atoms with Crippen LogP contribution in [0.3, 0.4) is 0 Å². The summed E-state index contributed by atoms with van der Waals surface area (Å²) in [6.07, 6.45) is 2.66. The first-order valence-corrected chi connectivity index (χ1v) is 13.3. The van der Waals surface area contributed by atoms with Crippen molar-refractivity contribution in [1.82, 2.24) is 18.8 Å². The number of anilines is 1. The van der Waals surface area contributed by atoms with Gasteiger partial charge in [0.25, 0.3) is 0 Å². The lowest BCUT2D eigenvalue weighted by molar-refractivity contribution is 0.0240. The van der Waals surface area contributed by atoms with Gasteiger partial charge in [0.15, 0.2) is 5.65 Å². The van der Waals surface area contributed by atoms with Crippen molar-refractivity contribution >= 4 is 55.6 Å². The largest absolute Gasteiger partial charge is 0.444 e. The van der Waals surface area contributed by atoms with E-state index in [9.17, 15) is 13.2 Å². The first kappa shape index (κ1) is 23.7. The average molecular weight is 583 g/mol. The van der Waals surface area contributed by atoms with E-state index in [1.165, 1.54) is 10.3 Å². The number of ether oxygens (including phenoxy) is 1. The highest BCUT2D eigenvalue weighted by Gasteiger charge is 2.29. The summed E-state index contributed by atoms with van der Waals surface area (Å²) in [5, 5.41) is 0.695. The highest BCUT2D eigenvalue weighted by atomic mass is 127. The highest BCUT2D eigenvalue weighted by Crippen LogP contribution is 2.31. The Morgan fingerprint density at radius 1 is 1.09 bits per heavy atom. The predicted molar refractivity (Wildman–Crippen MR) is 135 cm³/mol. The van der Waals surface area contributed by atoms with E-state index in [-0.39, 0.29) is 11.8 Å². The molecule has 1 aliphatic heterocycles. The Hall–Kier alpha value is -2.41. The molecule has 4 rings (SSSR count). The minimum Gasteiger partial charge on any atom is -0.444 e. The Balaban J connectivity index is 1.59. The second kappa shape index (κ2) is 9.09. The number of rotatable bonds is 4. The summed E-state index contributed by atoms with van der Waals surface area (Å²) >= 11 is 2.12. The maximum absolute atomic E-state index is 13.2. The zero-order valence-electron chi connectivity index (χ0n) is 18.7. The van der Waals surface area contributed by atoms with Crippen molar-refractivity contribution < 1.29 is 17.9 Å². The molecule has 3 aromatic rings. The maximum Gasteiger partial charge on any atom is 0.410 e. The molecular weight excluding hydrogens is 557 g/mol. The number of fused-ring (bicyclic) bond motifs is 1. The number of carbonyl (C=O) groups excluding carboxylic acids is 1. The van der Waals surface area contributed by atoms with Crippen molar-refractivity contribution in [3.05, 3.63) is 52.0 Å². The predicted octanol–water partition coefficient (Wildman–Crippen LogP) is 3.47. The Kier molecular flexibility index (Phi) is 6.54. The zero-order valence-corrected chi connectivity index (χ0v) is 21.7. The van der Waals surface area contributed by atoms with Crippen molar-refractivity contribution in [1.29, 1.82) is 0 Å². The van der Waals surface area contributed by atoms with Gasteiger partial charge in [-0.15, -0.1) is 0 Å². The third-order valence-corrected chi connectivity index (χ3v) is 7.60. The summed E-state index contributed by atoms with van der Waals surface area (Å²) < 4.78 is 33.8. The molecule has 0 saturated carbocycles. The summed E-state index contributed by atoms with van der Waals surface area (Å²) in [5.74, 6) is 0.545. The lowest BCUT2D eigenvalue weighted by Gasteiger charge is -2.36. The van der Waals surface area contributed by atoms with Gasteiger partial charge in [-0.3, -0.25) is 0 Å². The standard InChI is InChI=1S/C22H26IN5O4S/c1-22(2,3)32-21(29)27-11-9-26(10-12-27)19-18-17(23)13-28(20(18)25-15-24-19)33(30,31)14-16-7-5-4-6-8-16/h4-8,13,15H,9-12,14H2,1-3H3. The van der Waals surface area contributed by atoms with Crippen LogP contribution in [0.25, 0.3) is 11.0 Å². The minimum absolute atomic E-state index is 0.123. The van der Waals surface area contributed by atoms with Gasteiger partial charge in [0.1, 0.15) is 17.7 Å². The number of hydrogen-bond acceptors (Lipinski definition) is 7. The Labute approximate surface area is 206 Å². The van der Waals surface area contributed by atoms with Gasteiger partial charge in [0.05, 0.1) is 11.1 Å². The summed E-state index contributed by atoms with van der Waals surface area (Å²) in [5.41, 5.74) is 0.522. The summed E-state index contributed by atoms with van der Waals surface area (Å²) in [6, 6.07) is 9.07. The number of aromatic nitrogens is 3. The first-order valence-electron chi connectivity index (χ1n) is 10.6. The molecule has 1 fully saturated rings. The smallest absolute Gasteiger partial charge is 0.410 e. The van der Waals surface area contributed by atoms with Gasteiger partial charge in [-0.1, -0.05) is 30.3 Å². The molecule has 1 amide bonds. The summed E-state index contributed by atoms with van der Waals surface area (Å²) in [6.45, 7) is 7.63. The number of piperazine rings is 1. The van der Waals surface area contributed by atoms with Crippen LogP contribution in [0.1, 0.15) is 26.3 Å². The topological polar surface area (TPSA) is 97.6 Å². The van der Waals surface area contributed by atoms with E-state index < -0.39 is 15.6 Å². The van der Waals surface area contributed by atoms with Crippen LogP contribution in [0.15, 0.2) is 42.9 Å². The van der Waals surface area contributed by atoms with Gasteiger partial charge >= 0.3 is 6.09 Å². The minimum atomic E-state index is -3.67. The van der Waals surface area contributed by atoms with Crippen molar-refractivity contribution in [2.45, 2.75) is 32.1 Å². The van der Waals surface area contributed by atoms with Crippen molar-refractivity contribution in [2.24, 2.45) is 0 Å². The van der Waals surface area contributed by atoms with Crippen LogP contribution in [-0.4, -0.2) is 65.1 Å². The van der Waals surface area contributed by atoms with Crippen molar-refractivity contribution in [3.8, 4) is 0 Å². The van der Waals surface area contributed by atoms with Crippen molar-refractivity contribution in [3.63, 3.8) is 0 Å². The van der Waals surface area contributed by atoms with Gasteiger partial charge in [-0.05, 0) is 48.9 Å². The first-order chi connectivity index (χ1) is 15.5. The molecule has 33 heavy (non-hydrogen) atoms. The quantitative estimate of drug-likeness (QED) is 0.434. The van der Waals surface area contributed by atoms with E-state index in [1.54, 1.807) is 23.2 Å². The number of nitrogens with zero attached hydrogens (tertiary/aromatic N) is 5. The summed E-state index contributed by atoms with van der Waals surface area (Å²) in [4.78, 5) is 24.9. The number of hydrogen-bond donors (Lipinski definition) is 0. The van der Waals surface area contributed by atoms with Gasteiger partial charge in [-0.25, -0.2) is 27.2 Å². The van der Waals surface area contributed by atoms with Crippen LogP contribution in [0, 0.1) is 3.57 Å². The van der Waals surface area contributed by atoms with Gasteiger partial charge in [-0.2, -0.15) is 0 Å². The zero-order chi connectivity index (χ0) is 23.8. The van der Waals surface area contributed by atoms with Crippen LogP contribution < -0.4 is 4.90 Å².